The molecule has 1 aliphatic rings. The van der Waals surface area contributed by atoms with Gasteiger partial charge in [-0.2, -0.15) is 4.99 Å². The van der Waals surface area contributed by atoms with Gasteiger partial charge in [-0.1, -0.05) is 18.2 Å². The first-order valence-electron chi connectivity index (χ1n) is 9.93. The Labute approximate surface area is 184 Å². The highest BCUT2D eigenvalue weighted by atomic mass is 16.5. The molecule has 1 aromatic heterocycles. The second-order valence-corrected chi connectivity index (χ2v) is 7.25. The molecule has 1 aliphatic heterocycles. The van der Waals surface area contributed by atoms with Crippen LogP contribution in [0.2, 0.25) is 0 Å². The maximum Gasteiger partial charge on any atom is 0.253 e. The van der Waals surface area contributed by atoms with E-state index in [1.54, 1.807) is 44.2 Å². The predicted octanol–water partition coefficient (Wildman–Crippen LogP) is 2.02. The lowest BCUT2D eigenvalue weighted by Gasteiger charge is -2.38. The first-order valence-corrected chi connectivity index (χ1v) is 9.93. The van der Waals surface area contributed by atoms with E-state index >= 15 is 0 Å². The fourth-order valence-electron chi connectivity index (χ4n) is 3.37. The van der Waals surface area contributed by atoms with E-state index < -0.39 is 17.9 Å². The van der Waals surface area contributed by atoms with Crippen LogP contribution in [0.3, 0.4) is 0 Å². The van der Waals surface area contributed by atoms with Crippen molar-refractivity contribution < 1.29 is 19.4 Å². The number of nitrogens with one attached hydrogen (secondary N) is 1. The molecular formula is C23H20N5O4-. The topological polar surface area (TPSA) is 120 Å². The van der Waals surface area contributed by atoms with Crippen LogP contribution in [0.5, 0.6) is 11.5 Å². The summed E-state index contributed by atoms with van der Waals surface area (Å²) in [6.07, 6.45) is -0.280. The Balaban J connectivity index is 1.70. The zero-order valence-electron chi connectivity index (χ0n) is 17.5. The molecule has 0 unspecified atom stereocenters. The monoisotopic (exact) mass is 430 g/mol. The minimum absolute atomic E-state index is 0.0113. The molecule has 4 rings (SSSR count). The van der Waals surface area contributed by atoms with Crippen molar-refractivity contribution in [3.8, 4) is 11.5 Å². The molecule has 9 heteroatoms. The summed E-state index contributed by atoms with van der Waals surface area (Å²) in [6, 6.07) is 16.6. The molecule has 1 fully saturated rings. The molecule has 162 valence electrons. The van der Waals surface area contributed by atoms with Crippen LogP contribution >= 0.6 is 0 Å². The van der Waals surface area contributed by atoms with Crippen molar-refractivity contribution in [3.63, 3.8) is 0 Å². The molecule has 3 aromatic rings. The summed E-state index contributed by atoms with van der Waals surface area (Å²) in [5, 5.41) is 14.5. The summed E-state index contributed by atoms with van der Waals surface area (Å²) in [7, 11) is 0. The smallest absolute Gasteiger partial charge is 0.253 e. The van der Waals surface area contributed by atoms with Crippen LogP contribution in [0.1, 0.15) is 17.8 Å². The number of amides is 1. The van der Waals surface area contributed by atoms with E-state index in [9.17, 15) is 14.7 Å². The van der Waals surface area contributed by atoms with Crippen molar-refractivity contribution in [2.45, 2.75) is 26.3 Å². The zero-order chi connectivity index (χ0) is 22.7. The number of rotatable bonds is 5. The third kappa shape index (κ3) is 4.72. The normalized spacial score (nSPS) is 17.2. The number of aliphatic carboxylic acids is 1. The molecule has 0 saturated carbocycles. The summed E-state index contributed by atoms with van der Waals surface area (Å²) in [4.78, 5) is 38.3. The van der Waals surface area contributed by atoms with Gasteiger partial charge in [-0.15, -0.1) is 0 Å². The van der Waals surface area contributed by atoms with Crippen LogP contribution in [-0.4, -0.2) is 33.8 Å². The molecule has 9 nitrogen and oxygen atoms in total. The van der Waals surface area contributed by atoms with Gasteiger partial charge in [0.1, 0.15) is 11.5 Å². The van der Waals surface area contributed by atoms with Crippen molar-refractivity contribution in [2.75, 3.05) is 4.90 Å². The SMILES string of the molecule is Cc1cc(C)nc(/N=C2\NC(=O)C[C@@H](C(=O)[O-])N2c2ccc(Oc3ccccc3)cc2)n1. The average molecular weight is 430 g/mol. The molecule has 1 saturated heterocycles. The Kier molecular flexibility index (Phi) is 5.80. The van der Waals surface area contributed by atoms with E-state index in [0.717, 1.165) is 0 Å². The number of carbonyl (C=O) groups is 2. The number of aromatic nitrogens is 2. The Morgan fingerprint density at radius 1 is 1.06 bits per heavy atom. The van der Waals surface area contributed by atoms with E-state index in [2.05, 4.69) is 20.3 Å². The number of guanidine groups is 1. The molecular weight excluding hydrogens is 410 g/mol. The van der Waals surface area contributed by atoms with Gasteiger partial charge in [-0.25, -0.2) is 9.97 Å². The van der Waals surface area contributed by atoms with Crippen molar-refractivity contribution in [1.82, 2.24) is 15.3 Å². The van der Waals surface area contributed by atoms with E-state index in [1.807, 2.05) is 30.3 Å². The molecule has 0 bridgehead atoms. The molecule has 32 heavy (non-hydrogen) atoms. The molecule has 0 spiro atoms. The van der Waals surface area contributed by atoms with Crippen LogP contribution in [-0.2, 0) is 9.59 Å². The summed E-state index contributed by atoms with van der Waals surface area (Å²) in [5.74, 6) is -0.501. The summed E-state index contributed by atoms with van der Waals surface area (Å²) < 4.78 is 5.79. The highest BCUT2D eigenvalue weighted by Crippen LogP contribution is 2.27. The molecule has 0 aliphatic carbocycles. The van der Waals surface area contributed by atoms with Crippen LogP contribution in [0.4, 0.5) is 11.6 Å². The lowest BCUT2D eigenvalue weighted by Crippen LogP contribution is -2.61. The van der Waals surface area contributed by atoms with E-state index in [0.29, 0.717) is 28.6 Å². The second kappa shape index (κ2) is 8.84. The third-order valence-corrected chi connectivity index (χ3v) is 4.71. The van der Waals surface area contributed by atoms with Gasteiger partial charge in [0.15, 0.2) is 0 Å². The summed E-state index contributed by atoms with van der Waals surface area (Å²) in [6.45, 7) is 3.59. The fraction of sp³-hybridized carbons (Fsp3) is 0.174. The number of hydrogen-bond donors (Lipinski definition) is 1. The van der Waals surface area contributed by atoms with Gasteiger partial charge in [-0.05, 0) is 56.3 Å². The number of aliphatic imine (C=N–C) groups is 1. The highest BCUT2D eigenvalue weighted by molar-refractivity contribution is 6.13. The standard InChI is InChI=1S/C23H21N5O4/c1-14-12-15(2)25-22(24-14)27-23-26-20(29)13-19(21(30)31)28(23)16-8-10-18(11-9-16)32-17-6-4-3-5-7-17/h3-12,19H,13H2,1-2H3,(H,30,31)(H,24,25,26,27,29)/p-1/t19-/m0/s1. The second-order valence-electron chi connectivity index (χ2n) is 7.25. The Hall–Kier alpha value is -4.27. The van der Waals surface area contributed by atoms with Crippen molar-refractivity contribution in [1.29, 1.82) is 0 Å². The average Bonchev–Trinajstić information content (AvgIpc) is 2.74. The van der Waals surface area contributed by atoms with Gasteiger partial charge in [-0.3, -0.25) is 10.1 Å². The van der Waals surface area contributed by atoms with Crippen LogP contribution in [0.15, 0.2) is 65.7 Å². The van der Waals surface area contributed by atoms with Gasteiger partial charge in [0, 0.05) is 17.1 Å². The Morgan fingerprint density at radius 2 is 1.69 bits per heavy atom. The number of anilines is 1. The molecule has 2 aromatic carbocycles. The Bertz CT molecular complexity index is 1160. The van der Waals surface area contributed by atoms with Crippen LogP contribution < -0.4 is 20.1 Å². The number of aryl methyl sites for hydroxylation is 2. The number of ether oxygens (including phenoxy) is 1. The number of benzene rings is 2. The number of carbonyl (C=O) groups excluding carboxylic acids is 2. The van der Waals surface area contributed by atoms with E-state index in [4.69, 9.17) is 4.74 Å². The number of hydrogen-bond acceptors (Lipinski definition) is 7. The van der Waals surface area contributed by atoms with Gasteiger partial charge in [0.25, 0.3) is 5.95 Å². The van der Waals surface area contributed by atoms with Crippen molar-refractivity contribution in [2.24, 2.45) is 4.99 Å². The van der Waals surface area contributed by atoms with E-state index in [1.165, 1.54) is 4.90 Å². The lowest BCUT2D eigenvalue weighted by molar-refractivity contribution is -0.307. The number of carboxylic acids is 1. The summed E-state index contributed by atoms with van der Waals surface area (Å²) in [5.41, 5.74) is 1.89. The first kappa shape index (κ1) is 21.0. The molecule has 1 atom stereocenters. The minimum atomic E-state index is -1.39. The lowest BCUT2D eigenvalue weighted by atomic mass is 10.1. The van der Waals surface area contributed by atoms with Crippen molar-refractivity contribution >= 4 is 29.5 Å². The molecule has 2 heterocycles. The maximum atomic E-state index is 12.2. The quantitative estimate of drug-likeness (QED) is 0.657. The number of carboxylic acid groups (broad SMARTS) is 1. The van der Waals surface area contributed by atoms with Gasteiger partial charge < -0.3 is 19.5 Å². The molecule has 1 amide bonds. The van der Waals surface area contributed by atoms with Crippen molar-refractivity contribution in [3.05, 3.63) is 72.1 Å². The molecule has 1 N–H and O–H groups in total. The van der Waals surface area contributed by atoms with E-state index in [-0.39, 0.29) is 18.3 Å². The maximum absolute atomic E-state index is 12.2. The summed E-state index contributed by atoms with van der Waals surface area (Å²) >= 11 is 0. The predicted molar refractivity (Wildman–Crippen MR) is 116 cm³/mol. The van der Waals surface area contributed by atoms with Crippen LogP contribution in [0.25, 0.3) is 0 Å². The third-order valence-electron chi connectivity index (χ3n) is 4.71. The van der Waals surface area contributed by atoms with Gasteiger partial charge in [0.2, 0.25) is 11.9 Å². The number of nitrogens with zero attached hydrogens (tertiary/aromatic N) is 4. The molecule has 0 radical (unpaired) electrons. The first-order chi connectivity index (χ1) is 15.4. The van der Waals surface area contributed by atoms with Gasteiger partial charge in [0.05, 0.1) is 18.4 Å². The zero-order valence-corrected chi connectivity index (χ0v) is 17.5. The van der Waals surface area contributed by atoms with Gasteiger partial charge >= 0.3 is 0 Å². The minimum Gasteiger partial charge on any atom is -0.548 e. The Morgan fingerprint density at radius 3 is 2.31 bits per heavy atom. The highest BCUT2D eigenvalue weighted by Gasteiger charge is 2.33. The van der Waals surface area contributed by atoms with Crippen LogP contribution in [0, 0.1) is 13.8 Å². The number of para-hydroxylation sites is 1. The fourth-order valence-corrected chi connectivity index (χ4v) is 3.37. The largest absolute Gasteiger partial charge is 0.548 e.